The van der Waals surface area contributed by atoms with Gasteiger partial charge in [0.2, 0.25) is 0 Å². The average Bonchev–Trinajstić information content (AvgIpc) is 3.09. The molecule has 2 aliphatic rings. The molecule has 23 heavy (non-hydrogen) atoms. The van der Waals surface area contributed by atoms with E-state index < -0.39 is 0 Å². The van der Waals surface area contributed by atoms with Crippen LogP contribution in [0.3, 0.4) is 0 Å². The molecule has 0 bridgehead atoms. The minimum absolute atomic E-state index is 0.161. The van der Waals surface area contributed by atoms with E-state index in [4.69, 9.17) is 0 Å². The van der Waals surface area contributed by atoms with Crippen LogP contribution in [0.1, 0.15) is 11.1 Å². The summed E-state index contributed by atoms with van der Waals surface area (Å²) in [6.45, 7) is 0. The fraction of sp³-hybridized carbons (Fsp3) is 0.0435. The van der Waals surface area contributed by atoms with Crippen molar-refractivity contribution in [2.24, 2.45) is 0 Å². The van der Waals surface area contributed by atoms with Crippen LogP contribution in [-0.2, 0) is 5.41 Å². The van der Waals surface area contributed by atoms with Crippen molar-refractivity contribution in [3.63, 3.8) is 0 Å². The number of benzene rings is 3. The minimum atomic E-state index is -0.161. The zero-order chi connectivity index (χ0) is 15.3. The van der Waals surface area contributed by atoms with Gasteiger partial charge in [0.15, 0.2) is 0 Å². The quantitative estimate of drug-likeness (QED) is 0.495. The largest absolute Gasteiger partial charge is 0.0658 e. The number of allylic oxidation sites excluding steroid dienone is 4. The van der Waals surface area contributed by atoms with Crippen LogP contribution in [0.5, 0.6) is 0 Å². The van der Waals surface area contributed by atoms with Gasteiger partial charge in [-0.1, -0.05) is 97.1 Å². The lowest BCUT2D eigenvalue weighted by Crippen LogP contribution is -2.21. The van der Waals surface area contributed by atoms with Crippen molar-refractivity contribution in [2.75, 3.05) is 0 Å². The van der Waals surface area contributed by atoms with Gasteiger partial charge in [-0.3, -0.25) is 0 Å². The van der Waals surface area contributed by atoms with Crippen LogP contribution in [0, 0.1) is 0 Å². The highest BCUT2D eigenvalue weighted by molar-refractivity contribution is 5.91. The second-order valence-electron chi connectivity index (χ2n) is 6.22. The molecule has 0 saturated carbocycles. The lowest BCUT2D eigenvalue weighted by molar-refractivity contribution is 0.836. The highest BCUT2D eigenvalue weighted by atomic mass is 14.4. The van der Waals surface area contributed by atoms with E-state index in [0.717, 1.165) is 0 Å². The van der Waals surface area contributed by atoms with E-state index >= 15 is 0 Å². The van der Waals surface area contributed by atoms with Crippen LogP contribution in [0.15, 0.2) is 97.1 Å². The van der Waals surface area contributed by atoms with Crippen molar-refractivity contribution in [1.29, 1.82) is 0 Å². The molecule has 3 aromatic rings. The predicted molar refractivity (Wildman–Crippen MR) is 96.4 cm³/mol. The molecule has 3 aromatic carbocycles. The summed E-state index contributed by atoms with van der Waals surface area (Å²) in [5.41, 5.74) is 7.87. The lowest BCUT2D eigenvalue weighted by atomic mass is 9.73. The third-order valence-corrected chi connectivity index (χ3v) is 5.08. The highest BCUT2D eigenvalue weighted by Gasteiger charge is 2.37. The van der Waals surface area contributed by atoms with Crippen molar-refractivity contribution in [3.05, 3.63) is 108 Å². The standard InChI is InChI=1S/C23H16/c1-2-10-18-17(9-1)19-11-3-5-13-21(19)23(15-7-8-16-23)22-14-6-4-12-20(18)22/h1-16H. The average molecular weight is 292 g/mol. The Morgan fingerprint density at radius 1 is 0.435 bits per heavy atom. The van der Waals surface area contributed by atoms with Crippen molar-refractivity contribution in [2.45, 2.75) is 5.41 Å². The van der Waals surface area contributed by atoms with E-state index in [1.165, 1.54) is 33.4 Å². The molecule has 0 saturated heterocycles. The molecule has 0 amide bonds. The van der Waals surface area contributed by atoms with Crippen LogP contribution in [0.4, 0.5) is 0 Å². The van der Waals surface area contributed by atoms with Gasteiger partial charge in [0.25, 0.3) is 0 Å². The Bertz CT molecular complexity index is 892. The molecule has 0 unspecified atom stereocenters. The van der Waals surface area contributed by atoms with E-state index in [9.17, 15) is 0 Å². The Balaban J connectivity index is 2.02. The first-order chi connectivity index (χ1) is 11.4. The molecule has 0 aromatic heterocycles. The number of rotatable bonds is 0. The van der Waals surface area contributed by atoms with Gasteiger partial charge in [0, 0.05) is 0 Å². The van der Waals surface area contributed by atoms with E-state index in [1.54, 1.807) is 0 Å². The first-order valence-corrected chi connectivity index (χ1v) is 8.06. The second-order valence-corrected chi connectivity index (χ2v) is 6.22. The lowest BCUT2D eigenvalue weighted by Gasteiger charge is -2.28. The fourth-order valence-corrected chi connectivity index (χ4v) is 4.08. The van der Waals surface area contributed by atoms with E-state index in [-0.39, 0.29) is 5.41 Å². The maximum atomic E-state index is 2.33. The summed E-state index contributed by atoms with van der Waals surface area (Å²) in [6.07, 6.45) is 9.00. The Kier molecular flexibility index (Phi) is 2.51. The Morgan fingerprint density at radius 2 is 0.826 bits per heavy atom. The first-order valence-electron chi connectivity index (χ1n) is 8.06. The fourth-order valence-electron chi connectivity index (χ4n) is 4.08. The monoisotopic (exact) mass is 292 g/mol. The summed E-state index contributed by atoms with van der Waals surface area (Å²) in [7, 11) is 0. The van der Waals surface area contributed by atoms with E-state index in [0.29, 0.717) is 0 Å². The van der Waals surface area contributed by atoms with Gasteiger partial charge in [-0.25, -0.2) is 0 Å². The van der Waals surface area contributed by atoms with Crippen LogP contribution < -0.4 is 0 Å². The first kappa shape index (κ1) is 12.7. The third-order valence-electron chi connectivity index (χ3n) is 5.08. The van der Waals surface area contributed by atoms with E-state index in [2.05, 4.69) is 97.1 Å². The number of hydrogen-bond acceptors (Lipinski definition) is 0. The molecular formula is C23H16. The van der Waals surface area contributed by atoms with Gasteiger partial charge in [-0.2, -0.15) is 0 Å². The second kappa shape index (κ2) is 4.57. The molecule has 5 rings (SSSR count). The molecule has 1 spiro atoms. The summed E-state index contributed by atoms with van der Waals surface area (Å²) in [6, 6.07) is 26.4. The van der Waals surface area contributed by atoms with Crippen LogP contribution in [0.25, 0.3) is 22.3 Å². The SMILES string of the molecule is C1=CC2(C=C1)c1ccccc1-c1ccccc1-c1ccccc12. The normalized spacial score (nSPS) is 15.8. The maximum absolute atomic E-state index is 2.33. The molecule has 0 atom stereocenters. The maximum Gasteiger partial charge on any atom is 0.0580 e. The summed E-state index contributed by atoms with van der Waals surface area (Å²) < 4.78 is 0. The summed E-state index contributed by atoms with van der Waals surface area (Å²) in [4.78, 5) is 0. The number of fused-ring (bicyclic) bond motifs is 7. The van der Waals surface area contributed by atoms with Gasteiger partial charge in [0.1, 0.15) is 0 Å². The van der Waals surface area contributed by atoms with Gasteiger partial charge in [-0.15, -0.1) is 0 Å². The molecular weight excluding hydrogens is 276 g/mol. The molecule has 0 fully saturated rings. The summed E-state index contributed by atoms with van der Waals surface area (Å²) >= 11 is 0. The Morgan fingerprint density at radius 3 is 1.30 bits per heavy atom. The molecule has 0 radical (unpaired) electrons. The minimum Gasteiger partial charge on any atom is -0.0658 e. The molecule has 108 valence electrons. The van der Waals surface area contributed by atoms with Crippen LogP contribution in [0.2, 0.25) is 0 Å². The topological polar surface area (TPSA) is 0 Å². The Hall–Kier alpha value is -2.86. The Labute approximate surface area is 136 Å². The summed E-state index contributed by atoms with van der Waals surface area (Å²) in [5.74, 6) is 0. The van der Waals surface area contributed by atoms with Crippen molar-refractivity contribution in [1.82, 2.24) is 0 Å². The molecule has 2 aliphatic carbocycles. The van der Waals surface area contributed by atoms with Crippen molar-refractivity contribution < 1.29 is 0 Å². The van der Waals surface area contributed by atoms with E-state index in [1.807, 2.05) is 0 Å². The smallest absolute Gasteiger partial charge is 0.0580 e. The van der Waals surface area contributed by atoms with Gasteiger partial charge >= 0.3 is 0 Å². The predicted octanol–water partition coefficient (Wildman–Crippen LogP) is 5.75. The molecule has 0 heteroatoms. The zero-order valence-electron chi connectivity index (χ0n) is 12.7. The van der Waals surface area contributed by atoms with Crippen molar-refractivity contribution in [3.8, 4) is 22.3 Å². The van der Waals surface area contributed by atoms with Crippen LogP contribution >= 0.6 is 0 Å². The molecule has 0 aliphatic heterocycles. The van der Waals surface area contributed by atoms with Crippen molar-refractivity contribution >= 4 is 0 Å². The molecule has 0 N–H and O–H groups in total. The molecule has 0 nitrogen and oxygen atoms in total. The third kappa shape index (κ3) is 1.61. The van der Waals surface area contributed by atoms with Gasteiger partial charge < -0.3 is 0 Å². The molecule has 0 heterocycles. The zero-order valence-corrected chi connectivity index (χ0v) is 12.7. The van der Waals surface area contributed by atoms with Crippen LogP contribution in [-0.4, -0.2) is 0 Å². The number of hydrogen-bond donors (Lipinski definition) is 0. The highest BCUT2D eigenvalue weighted by Crippen LogP contribution is 2.50. The summed E-state index contributed by atoms with van der Waals surface area (Å²) in [5, 5.41) is 0. The van der Waals surface area contributed by atoms with Gasteiger partial charge in [0.05, 0.1) is 5.41 Å². The van der Waals surface area contributed by atoms with Gasteiger partial charge in [-0.05, 0) is 33.4 Å².